The Morgan fingerprint density at radius 2 is 2.15 bits per heavy atom. The van der Waals surface area contributed by atoms with Gasteiger partial charge in [0.25, 0.3) is 5.91 Å². The molecule has 0 spiro atoms. The molecule has 0 bridgehead atoms. The van der Waals surface area contributed by atoms with E-state index in [-0.39, 0.29) is 18.5 Å². The number of nitro benzene ring substituents is 1. The minimum atomic E-state index is -1.35. The van der Waals surface area contributed by atoms with E-state index in [9.17, 15) is 23.7 Å². The monoisotopic (exact) mass is 285 g/mol. The van der Waals surface area contributed by atoms with Crippen molar-refractivity contribution < 1.29 is 18.5 Å². The summed E-state index contributed by atoms with van der Waals surface area (Å²) in [6.45, 7) is 0.176. The number of carbonyl (C=O) groups is 1. The van der Waals surface area contributed by atoms with Crippen LogP contribution < -0.4 is 11.1 Å². The Morgan fingerprint density at radius 1 is 1.50 bits per heavy atom. The third-order valence-corrected chi connectivity index (χ3v) is 3.22. The van der Waals surface area contributed by atoms with Crippen LogP contribution in [-0.2, 0) is 0 Å². The summed E-state index contributed by atoms with van der Waals surface area (Å²) in [7, 11) is 0. The topological polar surface area (TPSA) is 98.3 Å². The van der Waals surface area contributed by atoms with Crippen LogP contribution in [0.1, 0.15) is 23.2 Å². The second kappa shape index (κ2) is 5.49. The largest absolute Gasteiger partial charge is 0.348 e. The molecule has 2 rings (SSSR count). The van der Waals surface area contributed by atoms with E-state index >= 15 is 0 Å². The lowest BCUT2D eigenvalue weighted by atomic mass is 10.1. The molecule has 1 fully saturated rings. The van der Waals surface area contributed by atoms with Crippen LogP contribution >= 0.6 is 0 Å². The van der Waals surface area contributed by atoms with Crippen LogP contribution in [0.2, 0.25) is 0 Å². The Bertz CT molecular complexity index is 561. The molecule has 1 amide bonds. The van der Waals surface area contributed by atoms with Crippen molar-refractivity contribution in [3.05, 3.63) is 39.4 Å². The molecular formula is C12H13F2N3O3. The van der Waals surface area contributed by atoms with Gasteiger partial charge < -0.3 is 11.1 Å². The van der Waals surface area contributed by atoms with Gasteiger partial charge in [-0.2, -0.15) is 4.39 Å². The van der Waals surface area contributed by atoms with Crippen molar-refractivity contribution in [2.75, 3.05) is 6.54 Å². The van der Waals surface area contributed by atoms with Crippen LogP contribution in [-0.4, -0.2) is 23.4 Å². The summed E-state index contributed by atoms with van der Waals surface area (Å²) in [6.07, 6.45) is 1.82. The van der Waals surface area contributed by atoms with E-state index in [1.165, 1.54) is 0 Å². The Morgan fingerprint density at radius 3 is 2.65 bits per heavy atom. The van der Waals surface area contributed by atoms with E-state index in [0.717, 1.165) is 12.8 Å². The summed E-state index contributed by atoms with van der Waals surface area (Å²) in [5.41, 5.74) is 3.75. The lowest BCUT2D eigenvalue weighted by molar-refractivity contribution is -0.387. The lowest BCUT2D eigenvalue weighted by Crippen LogP contribution is -2.42. The van der Waals surface area contributed by atoms with E-state index < -0.39 is 33.7 Å². The molecule has 0 aliphatic heterocycles. The molecule has 1 aromatic rings. The molecule has 1 aliphatic carbocycles. The fourth-order valence-electron chi connectivity index (χ4n) is 1.99. The first-order valence-corrected chi connectivity index (χ1v) is 6.08. The van der Waals surface area contributed by atoms with Gasteiger partial charge in [-0.3, -0.25) is 14.9 Å². The Kier molecular flexibility index (Phi) is 3.93. The van der Waals surface area contributed by atoms with Gasteiger partial charge in [0.15, 0.2) is 0 Å². The number of nitro groups is 1. The maximum atomic E-state index is 13.8. The fraction of sp³-hybridized carbons (Fsp3) is 0.417. The zero-order valence-electron chi connectivity index (χ0n) is 10.4. The molecule has 0 radical (unpaired) electrons. The molecule has 8 heteroatoms. The first-order chi connectivity index (χ1) is 9.43. The van der Waals surface area contributed by atoms with Gasteiger partial charge in [-0.1, -0.05) is 0 Å². The molecule has 0 heterocycles. The van der Waals surface area contributed by atoms with E-state index in [1.54, 1.807) is 0 Å². The molecule has 20 heavy (non-hydrogen) atoms. The Balaban J connectivity index is 2.27. The van der Waals surface area contributed by atoms with Crippen LogP contribution in [0.5, 0.6) is 0 Å². The number of nitrogens with one attached hydrogen (secondary N) is 1. The number of halogens is 2. The highest BCUT2D eigenvalue weighted by Gasteiger charge is 2.33. The maximum Gasteiger partial charge on any atom is 0.308 e. The van der Waals surface area contributed by atoms with E-state index in [2.05, 4.69) is 5.32 Å². The number of benzene rings is 1. The van der Waals surface area contributed by atoms with E-state index in [4.69, 9.17) is 5.73 Å². The molecule has 1 saturated carbocycles. The number of carbonyl (C=O) groups excluding carboxylic acids is 1. The molecule has 1 atom stereocenters. The average molecular weight is 285 g/mol. The van der Waals surface area contributed by atoms with Gasteiger partial charge in [0.05, 0.1) is 16.6 Å². The predicted molar refractivity (Wildman–Crippen MR) is 66.0 cm³/mol. The zero-order chi connectivity index (χ0) is 14.9. The van der Waals surface area contributed by atoms with Gasteiger partial charge >= 0.3 is 5.69 Å². The first-order valence-electron chi connectivity index (χ1n) is 6.08. The first kappa shape index (κ1) is 14.3. The van der Waals surface area contributed by atoms with Crippen LogP contribution in [0.25, 0.3) is 0 Å². The molecule has 108 valence electrons. The zero-order valence-corrected chi connectivity index (χ0v) is 10.4. The van der Waals surface area contributed by atoms with Crippen molar-refractivity contribution in [3.63, 3.8) is 0 Å². The quantitative estimate of drug-likeness (QED) is 0.630. The molecule has 6 nitrogen and oxygen atoms in total. The number of hydrogen-bond acceptors (Lipinski definition) is 4. The van der Waals surface area contributed by atoms with Crippen molar-refractivity contribution >= 4 is 11.6 Å². The summed E-state index contributed by atoms with van der Waals surface area (Å²) in [5, 5.41) is 13.1. The molecule has 1 aromatic carbocycles. The van der Waals surface area contributed by atoms with Crippen LogP contribution in [0, 0.1) is 27.7 Å². The number of nitrogens with zero attached hydrogens (tertiary/aromatic N) is 1. The number of hydrogen-bond donors (Lipinski definition) is 2. The minimum Gasteiger partial charge on any atom is -0.348 e. The number of amides is 1. The smallest absolute Gasteiger partial charge is 0.308 e. The van der Waals surface area contributed by atoms with Crippen molar-refractivity contribution in [1.29, 1.82) is 0 Å². The van der Waals surface area contributed by atoms with Crippen LogP contribution in [0.4, 0.5) is 14.5 Å². The van der Waals surface area contributed by atoms with Gasteiger partial charge in [0, 0.05) is 12.6 Å². The van der Waals surface area contributed by atoms with Crippen molar-refractivity contribution in [2.24, 2.45) is 11.7 Å². The van der Waals surface area contributed by atoms with Crippen molar-refractivity contribution in [1.82, 2.24) is 5.32 Å². The molecule has 1 aliphatic rings. The summed E-state index contributed by atoms with van der Waals surface area (Å²) < 4.78 is 27.1. The van der Waals surface area contributed by atoms with Crippen LogP contribution in [0.15, 0.2) is 12.1 Å². The molecule has 0 aromatic heterocycles. The predicted octanol–water partition coefficient (Wildman–Crippen LogP) is 1.34. The van der Waals surface area contributed by atoms with Gasteiger partial charge in [-0.25, -0.2) is 4.39 Å². The molecular weight excluding hydrogens is 272 g/mol. The van der Waals surface area contributed by atoms with E-state index in [0.29, 0.717) is 12.1 Å². The minimum absolute atomic E-state index is 0.176. The fourth-order valence-corrected chi connectivity index (χ4v) is 1.99. The molecule has 0 saturated heterocycles. The van der Waals surface area contributed by atoms with E-state index in [1.807, 2.05) is 0 Å². The lowest BCUT2D eigenvalue weighted by Gasteiger charge is -2.16. The standard InChI is InChI=1S/C12H13F2N3O3/c13-7-3-8(11(14)10(4-7)17(19)20)12(18)16-9(5-15)6-1-2-6/h3-4,6,9H,1-2,5,15H2,(H,16,18). The molecule has 3 N–H and O–H groups in total. The SMILES string of the molecule is NCC(NC(=O)c1cc(F)cc([N+](=O)[O-])c1F)C1CC1. The highest BCUT2D eigenvalue weighted by atomic mass is 19.1. The summed E-state index contributed by atoms with van der Waals surface area (Å²) in [4.78, 5) is 21.4. The van der Waals surface area contributed by atoms with Crippen molar-refractivity contribution in [3.8, 4) is 0 Å². The third kappa shape index (κ3) is 2.90. The average Bonchev–Trinajstić information content (AvgIpc) is 3.22. The third-order valence-electron chi connectivity index (χ3n) is 3.22. The summed E-state index contributed by atoms with van der Waals surface area (Å²) >= 11 is 0. The Hall–Kier alpha value is -2.09. The van der Waals surface area contributed by atoms with Gasteiger partial charge in [-0.05, 0) is 24.8 Å². The van der Waals surface area contributed by atoms with Crippen LogP contribution in [0.3, 0.4) is 0 Å². The van der Waals surface area contributed by atoms with Gasteiger partial charge in [0.1, 0.15) is 5.82 Å². The number of nitrogens with two attached hydrogens (primary N) is 1. The normalized spacial score (nSPS) is 15.8. The van der Waals surface area contributed by atoms with Gasteiger partial charge in [0.2, 0.25) is 5.82 Å². The number of rotatable bonds is 5. The maximum absolute atomic E-state index is 13.8. The molecule has 1 unspecified atom stereocenters. The van der Waals surface area contributed by atoms with Crippen molar-refractivity contribution in [2.45, 2.75) is 18.9 Å². The Labute approximate surface area is 113 Å². The summed E-state index contributed by atoms with van der Waals surface area (Å²) in [5.74, 6) is -3.05. The highest BCUT2D eigenvalue weighted by molar-refractivity contribution is 5.95. The highest BCUT2D eigenvalue weighted by Crippen LogP contribution is 2.32. The van der Waals surface area contributed by atoms with Gasteiger partial charge in [-0.15, -0.1) is 0 Å². The second-order valence-corrected chi connectivity index (χ2v) is 4.70. The summed E-state index contributed by atoms with van der Waals surface area (Å²) in [6, 6.07) is 0.746. The second-order valence-electron chi connectivity index (χ2n) is 4.70.